The number of carboxylic acids is 1. The van der Waals surface area contributed by atoms with Gasteiger partial charge in [-0.15, -0.1) is 0 Å². The lowest BCUT2D eigenvalue weighted by molar-refractivity contribution is -0.142. The minimum atomic E-state index is -0.610. The number of aliphatic carboxylic acids is 1. The monoisotopic (exact) mass is 320 g/mol. The van der Waals surface area contributed by atoms with Crippen molar-refractivity contribution in [2.24, 2.45) is 11.8 Å². The van der Waals surface area contributed by atoms with Crippen molar-refractivity contribution in [3.05, 3.63) is 24.2 Å². The third-order valence-electron chi connectivity index (χ3n) is 5.48. The van der Waals surface area contributed by atoms with E-state index in [2.05, 4.69) is 16.7 Å². The molecule has 2 fully saturated rings. The van der Waals surface area contributed by atoms with Crippen molar-refractivity contribution < 1.29 is 14.3 Å². The number of carboxylic acid groups (broad SMARTS) is 1. The zero-order valence-electron chi connectivity index (χ0n) is 14.0. The summed E-state index contributed by atoms with van der Waals surface area (Å²) >= 11 is 0. The summed E-state index contributed by atoms with van der Waals surface area (Å²) in [5.41, 5.74) is 0. The molecule has 0 saturated carbocycles. The first-order valence-corrected chi connectivity index (χ1v) is 8.89. The number of carbonyl (C=O) groups is 1. The summed E-state index contributed by atoms with van der Waals surface area (Å²) in [6.07, 6.45) is 6.10. The van der Waals surface area contributed by atoms with Crippen LogP contribution in [0.25, 0.3) is 0 Å². The molecule has 2 aliphatic heterocycles. The van der Waals surface area contributed by atoms with E-state index in [0.29, 0.717) is 12.0 Å². The second-order valence-electron chi connectivity index (χ2n) is 7.03. The van der Waals surface area contributed by atoms with Gasteiger partial charge in [0.15, 0.2) is 0 Å². The smallest absolute Gasteiger partial charge is 0.308 e. The van der Waals surface area contributed by atoms with Gasteiger partial charge in [-0.05, 0) is 37.3 Å². The van der Waals surface area contributed by atoms with Crippen molar-refractivity contribution in [2.45, 2.75) is 45.2 Å². The number of hydrogen-bond donors (Lipinski definition) is 1. The van der Waals surface area contributed by atoms with Gasteiger partial charge >= 0.3 is 5.97 Å². The molecule has 0 radical (unpaired) electrons. The lowest BCUT2D eigenvalue weighted by atomic mass is 9.92. The van der Waals surface area contributed by atoms with Crippen molar-refractivity contribution in [3.8, 4) is 0 Å². The second-order valence-corrected chi connectivity index (χ2v) is 7.03. The first kappa shape index (κ1) is 16.5. The van der Waals surface area contributed by atoms with Gasteiger partial charge < -0.3 is 9.52 Å². The molecule has 2 atom stereocenters. The molecule has 2 aliphatic rings. The zero-order valence-corrected chi connectivity index (χ0v) is 14.0. The lowest BCUT2D eigenvalue weighted by Crippen LogP contribution is -2.44. The van der Waals surface area contributed by atoms with Crippen LogP contribution in [0.1, 0.15) is 38.4 Å². The van der Waals surface area contributed by atoms with Crippen LogP contribution in [0.3, 0.4) is 0 Å². The second kappa shape index (κ2) is 7.49. The van der Waals surface area contributed by atoms with Gasteiger partial charge in [-0.25, -0.2) is 0 Å². The van der Waals surface area contributed by atoms with Crippen LogP contribution < -0.4 is 0 Å². The molecule has 2 saturated heterocycles. The van der Waals surface area contributed by atoms with Crippen molar-refractivity contribution in [2.75, 3.05) is 26.2 Å². The van der Waals surface area contributed by atoms with Crippen LogP contribution in [0.4, 0.5) is 0 Å². The van der Waals surface area contributed by atoms with Gasteiger partial charge in [0.2, 0.25) is 0 Å². The SMILES string of the molecule is CCC[C@@H]1CN(C2CCN(Cc3ccco3)CC2)C[C@H]1C(=O)O. The Morgan fingerprint density at radius 2 is 2.13 bits per heavy atom. The quantitative estimate of drug-likeness (QED) is 0.873. The third kappa shape index (κ3) is 3.96. The van der Waals surface area contributed by atoms with Crippen LogP contribution in [-0.4, -0.2) is 53.1 Å². The standard InChI is InChI=1S/C18H28N2O3/c1-2-4-14-11-20(13-17(14)18(21)22)15-6-8-19(9-7-15)12-16-5-3-10-23-16/h3,5,10,14-15,17H,2,4,6-9,11-13H2,1H3,(H,21,22)/t14-,17-/m1/s1. The van der Waals surface area contributed by atoms with E-state index in [4.69, 9.17) is 4.42 Å². The molecule has 0 amide bonds. The van der Waals surface area contributed by atoms with Crippen LogP contribution in [-0.2, 0) is 11.3 Å². The summed E-state index contributed by atoms with van der Waals surface area (Å²) in [6.45, 7) is 6.87. The maximum atomic E-state index is 11.5. The maximum Gasteiger partial charge on any atom is 0.308 e. The van der Waals surface area contributed by atoms with E-state index in [-0.39, 0.29) is 5.92 Å². The van der Waals surface area contributed by atoms with Crippen LogP contribution in [0.15, 0.2) is 22.8 Å². The summed E-state index contributed by atoms with van der Waals surface area (Å²) in [7, 11) is 0. The fourth-order valence-electron chi connectivity index (χ4n) is 4.21. The van der Waals surface area contributed by atoms with Crippen molar-refractivity contribution >= 4 is 5.97 Å². The Morgan fingerprint density at radius 1 is 1.35 bits per heavy atom. The molecule has 0 spiro atoms. The molecule has 1 N–H and O–H groups in total. The molecule has 0 aliphatic carbocycles. The highest BCUT2D eigenvalue weighted by molar-refractivity contribution is 5.71. The number of hydrogen-bond acceptors (Lipinski definition) is 4. The van der Waals surface area contributed by atoms with Gasteiger partial charge in [-0.1, -0.05) is 13.3 Å². The molecule has 3 rings (SSSR count). The van der Waals surface area contributed by atoms with Crippen molar-refractivity contribution in [3.63, 3.8) is 0 Å². The minimum absolute atomic E-state index is 0.170. The highest BCUT2D eigenvalue weighted by Crippen LogP contribution is 2.31. The average molecular weight is 320 g/mol. The van der Waals surface area contributed by atoms with E-state index in [1.54, 1.807) is 6.26 Å². The molecule has 5 heteroatoms. The Hall–Kier alpha value is -1.33. The molecule has 1 aromatic heterocycles. The third-order valence-corrected chi connectivity index (χ3v) is 5.48. The summed E-state index contributed by atoms with van der Waals surface area (Å²) in [5.74, 6) is 0.578. The fourth-order valence-corrected chi connectivity index (χ4v) is 4.21. The number of rotatable bonds is 6. The molecular weight excluding hydrogens is 292 g/mol. The van der Waals surface area contributed by atoms with Crippen LogP contribution in [0.2, 0.25) is 0 Å². The van der Waals surface area contributed by atoms with Gasteiger partial charge in [0.1, 0.15) is 5.76 Å². The van der Waals surface area contributed by atoms with Gasteiger partial charge in [-0.3, -0.25) is 14.6 Å². The van der Waals surface area contributed by atoms with E-state index < -0.39 is 5.97 Å². The molecule has 5 nitrogen and oxygen atoms in total. The van der Waals surface area contributed by atoms with E-state index in [9.17, 15) is 9.90 Å². The van der Waals surface area contributed by atoms with Gasteiger partial charge in [0.05, 0.1) is 18.7 Å². The first-order valence-electron chi connectivity index (χ1n) is 8.89. The minimum Gasteiger partial charge on any atom is -0.481 e. The summed E-state index contributed by atoms with van der Waals surface area (Å²) in [5, 5.41) is 9.47. The molecule has 128 valence electrons. The Balaban J connectivity index is 1.50. The van der Waals surface area contributed by atoms with E-state index >= 15 is 0 Å². The number of furan rings is 1. The number of nitrogens with zero attached hydrogens (tertiary/aromatic N) is 2. The van der Waals surface area contributed by atoms with E-state index in [1.165, 1.54) is 0 Å². The molecule has 1 aromatic rings. The van der Waals surface area contributed by atoms with Crippen LogP contribution >= 0.6 is 0 Å². The van der Waals surface area contributed by atoms with E-state index in [1.807, 2.05) is 12.1 Å². The normalized spacial score (nSPS) is 27.5. The Kier molecular flexibility index (Phi) is 5.38. The topological polar surface area (TPSA) is 56.9 Å². The fraction of sp³-hybridized carbons (Fsp3) is 0.722. The van der Waals surface area contributed by atoms with Crippen molar-refractivity contribution in [1.29, 1.82) is 0 Å². The van der Waals surface area contributed by atoms with Gasteiger partial charge in [0.25, 0.3) is 0 Å². The molecule has 0 aromatic carbocycles. The number of piperidine rings is 1. The largest absolute Gasteiger partial charge is 0.481 e. The Labute approximate surface area is 138 Å². The predicted molar refractivity (Wildman–Crippen MR) is 88.1 cm³/mol. The molecular formula is C18H28N2O3. The van der Waals surface area contributed by atoms with Gasteiger partial charge in [-0.2, -0.15) is 0 Å². The zero-order chi connectivity index (χ0) is 16.2. The Bertz CT molecular complexity index is 494. The highest BCUT2D eigenvalue weighted by atomic mass is 16.4. The van der Waals surface area contributed by atoms with Crippen LogP contribution in [0.5, 0.6) is 0 Å². The number of likely N-dealkylation sites (tertiary alicyclic amines) is 2. The molecule has 0 unspecified atom stereocenters. The highest BCUT2D eigenvalue weighted by Gasteiger charge is 2.40. The summed E-state index contributed by atoms with van der Waals surface area (Å²) in [6, 6.07) is 4.51. The average Bonchev–Trinajstić information content (AvgIpc) is 3.18. The van der Waals surface area contributed by atoms with Crippen LogP contribution in [0, 0.1) is 11.8 Å². The predicted octanol–water partition coefficient (Wildman–Crippen LogP) is 2.68. The lowest BCUT2D eigenvalue weighted by Gasteiger charge is -2.36. The molecule has 3 heterocycles. The first-order chi connectivity index (χ1) is 11.2. The maximum absolute atomic E-state index is 11.5. The molecule has 23 heavy (non-hydrogen) atoms. The van der Waals surface area contributed by atoms with E-state index in [0.717, 1.165) is 64.2 Å². The summed E-state index contributed by atoms with van der Waals surface area (Å²) in [4.78, 5) is 16.4. The summed E-state index contributed by atoms with van der Waals surface area (Å²) < 4.78 is 5.43. The Morgan fingerprint density at radius 3 is 2.74 bits per heavy atom. The van der Waals surface area contributed by atoms with Gasteiger partial charge in [0, 0.05) is 32.2 Å². The van der Waals surface area contributed by atoms with Crippen molar-refractivity contribution in [1.82, 2.24) is 9.80 Å². The molecule has 0 bridgehead atoms.